The van der Waals surface area contributed by atoms with Crippen molar-refractivity contribution in [1.82, 2.24) is 0 Å². The Morgan fingerprint density at radius 1 is 0.605 bits per heavy atom. The summed E-state index contributed by atoms with van der Waals surface area (Å²) in [5.74, 6) is 1.77. The fraction of sp³-hybridized carbons (Fsp3) is 0.235. The summed E-state index contributed by atoms with van der Waals surface area (Å²) in [4.78, 5) is 26.0. The molecule has 9 heteroatoms. The van der Waals surface area contributed by atoms with E-state index in [-0.39, 0.29) is 11.8 Å². The van der Waals surface area contributed by atoms with Gasteiger partial charge in [0, 0.05) is 20.3 Å². The van der Waals surface area contributed by atoms with Crippen molar-refractivity contribution in [3.05, 3.63) is 105 Å². The van der Waals surface area contributed by atoms with Crippen molar-refractivity contribution < 1.29 is 23.8 Å². The van der Waals surface area contributed by atoms with E-state index in [9.17, 15) is 9.59 Å². The van der Waals surface area contributed by atoms with Crippen molar-refractivity contribution in [3.63, 3.8) is 0 Å². The number of hydrogen-bond donors (Lipinski definition) is 2. The van der Waals surface area contributed by atoms with E-state index in [2.05, 4.69) is 56.3 Å². The molecule has 224 valence electrons. The topological polar surface area (TPSA) is 85.9 Å². The molecule has 0 bridgehead atoms. The summed E-state index contributed by atoms with van der Waals surface area (Å²) in [6.45, 7) is 5.29. The minimum atomic E-state index is -0.262. The summed E-state index contributed by atoms with van der Waals surface area (Å²) in [5, 5.41) is 5.84. The fourth-order valence-corrected chi connectivity index (χ4v) is 4.73. The van der Waals surface area contributed by atoms with Crippen molar-refractivity contribution in [2.75, 3.05) is 23.8 Å². The molecule has 7 nitrogen and oxygen atoms in total. The van der Waals surface area contributed by atoms with Gasteiger partial charge in [-0.05, 0) is 97.8 Å². The number of benzene rings is 4. The van der Waals surface area contributed by atoms with E-state index in [0.29, 0.717) is 58.7 Å². The van der Waals surface area contributed by atoms with Gasteiger partial charge in [-0.15, -0.1) is 0 Å². The third-order valence-corrected chi connectivity index (χ3v) is 7.33. The predicted molar refractivity (Wildman–Crippen MR) is 178 cm³/mol. The van der Waals surface area contributed by atoms with Gasteiger partial charge in [-0.3, -0.25) is 9.59 Å². The molecule has 0 aliphatic carbocycles. The number of anilines is 2. The Morgan fingerprint density at radius 3 is 1.37 bits per heavy atom. The quantitative estimate of drug-likeness (QED) is 0.127. The van der Waals surface area contributed by atoms with Crippen LogP contribution in [0.25, 0.3) is 0 Å². The van der Waals surface area contributed by atoms with Gasteiger partial charge in [0.05, 0.1) is 24.3 Å². The molecule has 4 aromatic carbocycles. The summed E-state index contributed by atoms with van der Waals surface area (Å²) in [6, 6.07) is 25.0. The van der Waals surface area contributed by atoms with E-state index in [0.717, 1.165) is 34.6 Å². The Bertz CT molecular complexity index is 1410. The number of unbranched alkanes of at least 4 members (excludes halogenated alkanes) is 2. The van der Waals surface area contributed by atoms with Crippen molar-refractivity contribution in [2.45, 2.75) is 39.5 Å². The smallest absolute Gasteiger partial charge is 0.259 e. The SMILES string of the molecule is CCCCOc1ccc(Br)cc1C(=O)Nc1ccc(Oc2ccc(NC(=O)c3cc(Br)ccc3OCCCC)cc2)cc1. The van der Waals surface area contributed by atoms with Gasteiger partial charge in [0.25, 0.3) is 11.8 Å². The van der Waals surface area contributed by atoms with E-state index in [1.807, 2.05) is 12.1 Å². The van der Waals surface area contributed by atoms with Gasteiger partial charge in [-0.1, -0.05) is 58.5 Å². The molecule has 0 heterocycles. The maximum absolute atomic E-state index is 13.0. The van der Waals surface area contributed by atoms with Crippen LogP contribution >= 0.6 is 31.9 Å². The van der Waals surface area contributed by atoms with Crippen LogP contribution in [0, 0.1) is 0 Å². The fourth-order valence-electron chi connectivity index (χ4n) is 4.01. The first-order chi connectivity index (χ1) is 20.9. The summed E-state index contributed by atoms with van der Waals surface area (Å²) >= 11 is 6.87. The molecular formula is C34H34Br2N2O5. The molecule has 0 fully saturated rings. The number of hydrogen-bond acceptors (Lipinski definition) is 5. The molecule has 0 aromatic heterocycles. The van der Waals surface area contributed by atoms with E-state index in [1.165, 1.54) is 0 Å². The first-order valence-corrected chi connectivity index (χ1v) is 15.8. The highest BCUT2D eigenvalue weighted by molar-refractivity contribution is 9.10. The van der Waals surface area contributed by atoms with E-state index >= 15 is 0 Å². The molecule has 4 aromatic rings. The molecule has 43 heavy (non-hydrogen) atoms. The van der Waals surface area contributed by atoms with Gasteiger partial charge in [0.2, 0.25) is 0 Å². The Hall–Kier alpha value is -3.82. The molecule has 0 radical (unpaired) electrons. The highest BCUT2D eigenvalue weighted by Gasteiger charge is 2.15. The molecule has 0 saturated carbocycles. The van der Waals surface area contributed by atoms with Crippen molar-refractivity contribution in [1.29, 1.82) is 0 Å². The molecule has 2 amide bonds. The maximum Gasteiger partial charge on any atom is 0.259 e. The molecule has 2 N–H and O–H groups in total. The highest BCUT2D eigenvalue weighted by Crippen LogP contribution is 2.28. The third kappa shape index (κ3) is 9.59. The van der Waals surface area contributed by atoms with E-state index in [4.69, 9.17) is 14.2 Å². The molecule has 4 rings (SSSR count). The van der Waals surface area contributed by atoms with E-state index < -0.39 is 0 Å². The predicted octanol–water partition coefficient (Wildman–Crippen LogP) is 9.87. The van der Waals surface area contributed by atoms with Crippen LogP contribution < -0.4 is 24.8 Å². The standard InChI is InChI=1S/C34H34Br2N2O5/c1-3-5-19-41-31-17-7-23(35)21-29(31)33(39)37-25-9-13-27(14-10-25)43-28-15-11-26(12-16-28)38-34(40)30-22-24(36)8-18-32(30)42-20-6-4-2/h7-18,21-22H,3-6,19-20H2,1-2H3,(H,37,39)(H,38,40). The number of rotatable bonds is 14. The first-order valence-electron chi connectivity index (χ1n) is 14.2. The zero-order valence-electron chi connectivity index (χ0n) is 24.1. The zero-order chi connectivity index (χ0) is 30.6. The average molecular weight is 710 g/mol. The van der Waals surface area contributed by atoms with Crippen LogP contribution in [-0.4, -0.2) is 25.0 Å². The molecular weight excluding hydrogens is 676 g/mol. The Kier molecular flexibility index (Phi) is 12.1. The third-order valence-electron chi connectivity index (χ3n) is 6.34. The van der Waals surface area contributed by atoms with Crippen molar-refractivity contribution in [2.24, 2.45) is 0 Å². The Morgan fingerprint density at radius 2 is 1.00 bits per heavy atom. The van der Waals surface area contributed by atoms with Gasteiger partial charge in [-0.25, -0.2) is 0 Å². The van der Waals surface area contributed by atoms with Gasteiger partial charge in [0.1, 0.15) is 23.0 Å². The first kappa shape index (κ1) is 32.1. The summed E-state index contributed by atoms with van der Waals surface area (Å²) in [5.41, 5.74) is 2.16. The van der Waals surface area contributed by atoms with Crippen LogP contribution in [0.4, 0.5) is 11.4 Å². The van der Waals surface area contributed by atoms with Gasteiger partial charge >= 0.3 is 0 Å². The lowest BCUT2D eigenvalue weighted by Crippen LogP contribution is -2.14. The number of amides is 2. The maximum atomic E-state index is 13.0. The lowest BCUT2D eigenvalue weighted by Gasteiger charge is -2.13. The zero-order valence-corrected chi connectivity index (χ0v) is 27.3. The lowest BCUT2D eigenvalue weighted by molar-refractivity contribution is 0.101. The van der Waals surface area contributed by atoms with Crippen molar-refractivity contribution >= 4 is 55.0 Å². The normalized spacial score (nSPS) is 10.6. The summed E-state index contributed by atoms with van der Waals surface area (Å²) in [7, 11) is 0. The van der Waals surface area contributed by atoms with Crippen molar-refractivity contribution in [3.8, 4) is 23.0 Å². The minimum Gasteiger partial charge on any atom is -0.493 e. The number of nitrogens with one attached hydrogen (secondary N) is 2. The van der Waals surface area contributed by atoms with Crippen LogP contribution in [-0.2, 0) is 0 Å². The highest BCUT2D eigenvalue weighted by atomic mass is 79.9. The van der Waals surface area contributed by atoms with Crippen LogP contribution in [0.5, 0.6) is 23.0 Å². The average Bonchev–Trinajstić information content (AvgIpc) is 3.00. The Labute approximate surface area is 269 Å². The van der Waals surface area contributed by atoms with Crippen LogP contribution in [0.2, 0.25) is 0 Å². The van der Waals surface area contributed by atoms with Gasteiger partial charge < -0.3 is 24.8 Å². The molecule has 0 aliphatic heterocycles. The second kappa shape index (κ2) is 16.1. The number of halogens is 2. The number of ether oxygens (including phenoxy) is 3. The largest absolute Gasteiger partial charge is 0.493 e. The summed E-state index contributed by atoms with van der Waals surface area (Å²) in [6.07, 6.45) is 3.85. The molecule has 0 spiro atoms. The molecule has 0 unspecified atom stereocenters. The molecule has 0 atom stereocenters. The van der Waals surface area contributed by atoms with Gasteiger partial charge in [0.15, 0.2) is 0 Å². The number of carbonyl (C=O) groups is 2. The van der Waals surface area contributed by atoms with Crippen LogP contribution in [0.3, 0.4) is 0 Å². The van der Waals surface area contributed by atoms with Crippen LogP contribution in [0.15, 0.2) is 93.9 Å². The minimum absolute atomic E-state index is 0.262. The van der Waals surface area contributed by atoms with Gasteiger partial charge in [-0.2, -0.15) is 0 Å². The summed E-state index contributed by atoms with van der Waals surface area (Å²) < 4.78 is 19.2. The van der Waals surface area contributed by atoms with Crippen LogP contribution in [0.1, 0.15) is 60.2 Å². The second-order valence-electron chi connectivity index (χ2n) is 9.74. The number of carbonyl (C=O) groups excluding carboxylic acids is 2. The molecule has 0 saturated heterocycles. The second-order valence-corrected chi connectivity index (χ2v) is 11.6. The lowest BCUT2D eigenvalue weighted by atomic mass is 10.1. The monoisotopic (exact) mass is 708 g/mol. The Balaban J connectivity index is 1.35. The molecule has 0 aliphatic rings. The van der Waals surface area contributed by atoms with E-state index in [1.54, 1.807) is 72.8 Å².